The lowest BCUT2D eigenvalue weighted by Gasteiger charge is -2.34. The maximum Gasteiger partial charge on any atom is 0.236 e. The van der Waals surface area contributed by atoms with Crippen LogP contribution in [-0.4, -0.2) is 36.5 Å². The molecule has 0 radical (unpaired) electrons. The predicted molar refractivity (Wildman–Crippen MR) is 67.4 cm³/mol. The van der Waals surface area contributed by atoms with Crippen molar-refractivity contribution < 1.29 is 9.18 Å². The van der Waals surface area contributed by atoms with Crippen LogP contribution in [0.15, 0.2) is 18.2 Å². The van der Waals surface area contributed by atoms with Crippen LogP contribution in [0.5, 0.6) is 0 Å². The van der Waals surface area contributed by atoms with Crippen molar-refractivity contribution in [2.75, 3.05) is 19.6 Å². The van der Waals surface area contributed by atoms with Crippen LogP contribution in [0, 0.1) is 12.7 Å². The molecule has 1 unspecified atom stereocenters. The first-order valence-electron chi connectivity index (χ1n) is 6.07. The van der Waals surface area contributed by atoms with Gasteiger partial charge in [-0.15, -0.1) is 0 Å². The molecule has 0 saturated carbocycles. The largest absolute Gasteiger partial charge is 0.368 e. The van der Waals surface area contributed by atoms with Gasteiger partial charge in [0.05, 0.1) is 0 Å². The molecule has 1 aliphatic heterocycles. The predicted octanol–water partition coefficient (Wildman–Crippen LogP) is 0.393. The number of nitrogens with one attached hydrogen (secondary N) is 1. The Morgan fingerprint density at radius 3 is 3.11 bits per heavy atom. The molecule has 98 valence electrons. The van der Waals surface area contributed by atoms with Crippen LogP contribution in [0.4, 0.5) is 4.39 Å². The van der Waals surface area contributed by atoms with Gasteiger partial charge < -0.3 is 11.1 Å². The third-order valence-corrected chi connectivity index (χ3v) is 3.37. The zero-order valence-corrected chi connectivity index (χ0v) is 10.4. The summed E-state index contributed by atoms with van der Waals surface area (Å²) in [7, 11) is 0. The molecule has 2 rings (SSSR count). The molecule has 1 aromatic rings. The number of benzene rings is 1. The normalized spacial score (nSPS) is 20.9. The number of carbonyl (C=O) groups excluding carboxylic acids is 1. The molecular formula is C13H18FN3O. The molecule has 1 fully saturated rings. The first-order valence-corrected chi connectivity index (χ1v) is 6.07. The molecule has 1 atom stereocenters. The van der Waals surface area contributed by atoms with E-state index in [2.05, 4.69) is 5.32 Å². The maximum atomic E-state index is 13.2. The molecular weight excluding hydrogens is 233 g/mol. The van der Waals surface area contributed by atoms with E-state index in [9.17, 15) is 9.18 Å². The topological polar surface area (TPSA) is 58.4 Å². The first-order chi connectivity index (χ1) is 8.58. The highest BCUT2D eigenvalue weighted by atomic mass is 19.1. The Balaban J connectivity index is 2.15. The van der Waals surface area contributed by atoms with E-state index in [0.29, 0.717) is 13.1 Å². The van der Waals surface area contributed by atoms with E-state index in [-0.39, 0.29) is 17.8 Å². The Kier molecular flexibility index (Phi) is 3.93. The van der Waals surface area contributed by atoms with E-state index in [1.807, 2.05) is 11.8 Å². The van der Waals surface area contributed by atoms with Crippen molar-refractivity contribution >= 4 is 5.91 Å². The summed E-state index contributed by atoms with van der Waals surface area (Å²) in [5.74, 6) is -0.586. The minimum atomic E-state index is -0.337. The van der Waals surface area contributed by atoms with E-state index in [0.717, 1.165) is 24.2 Å². The summed E-state index contributed by atoms with van der Waals surface area (Å²) in [4.78, 5) is 13.4. The molecule has 5 heteroatoms. The highest BCUT2D eigenvalue weighted by molar-refractivity contribution is 5.80. The van der Waals surface area contributed by atoms with Gasteiger partial charge in [0, 0.05) is 26.2 Å². The van der Waals surface area contributed by atoms with Crippen LogP contribution in [0.1, 0.15) is 11.1 Å². The molecule has 0 spiro atoms. The van der Waals surface area contributed by atoms with E-state index in [1.54, 1.807) is 6.07 Å². The molecule has 0 aliphatic carbocycles. The fraction of sp³-hybridized carbons (Fsp3) is 0.462. The van der Waals surface area contributed by atoms with Gasteiger partial charge in [-0.05, 0) is 30.2 Å². The van der Waals surface area contributed by atoms with Gasteiger partial charge in [-0.25, -0.2) is 4.39 Å². The quantitative estimate of drug-likeness (QED) is 0.817. The highest BCUT2D eigenvalue weighted by Gasteiger charge is 2.26. The summed E-state index contributed by atoms with van der Waals surface area (Å²) in [5, 5.41) is 3.14. The van der Waals surface area contributed by atoms with Crippen molar-refractivity contribution in [3.05, 3.63) is 35.1 Å². The number of nitrogens with zero attached hydrogens (tertiary/aromatic N) is 1. The number of primary amides is 1. The van der Waals surface area contributed by atoms with Crippen LogP contribution >= 0.6 is 0 Å². The number of piperazine rings is 1. The van der Waals surface area contributed by atoms with Crippen LogP contribution in [0.3, 0.4) is 0 Å². The standard InChI is InChI=1S/C13H18FN3O/c1-9-2-3-11(14)6-10(9)8-17-5-4-16-7-12(17)13(15)18/h2-3,6,12,16H,4-5,7-8H2,1H3,(H2,15,18). The minimum Gasteiger partial charge on any atom is -0.368 e. The fourth-order valence-corrected chi connectivity index (χ4v) is 2.25. The van der Waals surface area contributed by atoms with Gasteiger partial charge in [0.15, 0.2) is 0 Å². The van der Waals surface area contributed by atoms with Crippen molar-refractivity contribution in [2.45, 2.75) is 19.5 Å². The van der Waals surface area contributed by atoms with Crippen LogP contribution in [0.25, 0.3) is 0 Å². The number of aryl methyl sites for hydroxylation is 1. The number of halogens is 1. The molecule has 1 saturated heterocycles. The van der Waals surface area contributed by atoms with Crippen molar-refractivity contribution in [3.8, 4) is 0 Å². The SMILES string of the molecule is Cc1ccc(F)cc1CN1CCNCC1C(N)=O. The van der Waals surface area contributed by atoms with Crippen molar-refractivity contribution in [1.29, 1.82) is 0 Å². The van der Waals surface area contributed by atoms with E-state index >= 15 is 0 Å². The van der Waals surface area contributed by atoms with Gasteiger partial charge in [0.2, 0.25) is 5.91 Å². The molecule has 1 aromatic carbocycles. The monoisotopic (exact) mass is 251 g/mol. The van der Waals surface area contributed by atoms with E-state index in [1.165, 1.54) is 12.1 Å². The lowest BCUT2D eigenvalue weighted by atomic mass is 10.1. The smallest absolute Gasteiger partial charge is 0.236 e. The van der Waals surface area contributed by atoms with Crippen molar-refractivity contribution in [3.63, 3.8) is 0 Å². The zero-order chi connectivity index (χ0) is 13.1. The van der Waals surface area contributed by atoms with Crippen LogP contribution in [0.2, 0.25) is 0 Å². The maximum absolute atomic E-state index is 13.2. The van der Waals surface area contributed by atoms with Gasteiger partial charge in [0.25, 0.3) is 0 Å². The Morgan fingerprint density at radius 1 is 1.61 bits per heavy atom. The molecule has 1 heterocycles. The number of hydrogen-bond donors (Lipinski definition) is 2. The number of hydrogen-bond acceptors (Lipinski definition) is 3. The lowest BCUT2D eigenvalue weighted by Crippen LogP contribution is -2.56. The molecule has 0 bridgehead atoms. The van der Waals surface area contributed by atoms with Gasteiger partial charge in [0.1, 0.15) is 11.9 Å². The fourth-order valence-electron chi connectivity index (χ4n) is 2.25. The zero-order valence-electron chi connectivity index (χ0n) is 10.4. The molecule has 1 amide bonds. The third-order valence-electron chi connectivity index (χ3n) is 3.37. The van der Waals surface area contributed by atoms with Crippen LogP contribution in [-0.2, 0) is 11.3 Å². The number of carbonyl (C=O) groups is 1. The Bertz CT molecular complexity index is 450. The Morgan fingerprint density at radius 2 is 2.39 bits per heavy atom. The van der Waals surface area contributed by atoms with Gasteiger partial charge in [-0.1, -0.05) is 6.07 Å². The summed E-state index contributed by atoms with van der Waals surface area (Å²) >= 11 is 0. The minimum absolute atomic E-state index is 0.249. The van der Waals surface area contributed by atoms with Crippen molar-refractivity contribution in [2.24, 2.45) is 5.73 Å². The van der Waals surface area contributed by atoms with Gasteiger partial charge in [-0.3, -0.25) is 9.69 Å². The van der Waals surface area contributed by atoms with Gasteiger partial charge in [-0.2, -0.15) is 0 Å². The molecule has 4 nitrogen and oxygen atoms in total. The van der Waals surface area contributed by atoms with Crippen molar-refractivity contribution in [1.82, 2.24) is 10.2 Å². The summed E-state index contributed by atoms with van der Waals surface area (Å²) in [6.45, 7) is 4.61. The second-order valence-corrected chi connectivity index (χ2v) is 4.66. The number of amides is 1. The number of rotatable bonds is 3. The summed E-state index contributed by atoms with van der Waals surface area (Å²) in [5.41, 5.74) is 7.32. The third kappa shape index (κ3) is 2.86. The second-order valence-electron chi connectivity index (χ2n) is 4.66. The van der Waals surface area contributed by atoms with E-state index < -0.39 is 0 Å². The molecule has 1 aliphatic rings. The van der Waals surface area contributed by atoms with Gasteiger partial charge >= 0.3 is 0 Å². The van der Waals surface area contributed by atoms with Crippen LogP contribution < -0.4 is 11.1 Å². The Hall–Kier alpha value is -1.46. The Labute approximate surface area is 106 Å². The summed E-state index contributed by atoms with van der Waals surface area (Å²) in [6.07, 6.45) is 0. The average molecular weight is 251 g/mol. The first kappa shape index (κ1) is 13.0. The second kappa shape index (κ2) is 5.46. The lowest BCUT2D eigenvalue weighted by molar-refractivity contribution is -0.124. The molecule has 3 N–H and O–H groups in total. The molecule has 0 aromatic heterocycles. The highest BCUT2D eigenvalue weighted by Crippen LogP contribution is 2.15. The number of nitrogens with two attached hydrogens (primary N) is 1. The van der Waals surface area contributed by atoms with E-state index in [4.69, 9.17) is 5.73 Å². The summed E-state index contributed by atoms with van der Waals surface area (Å²) in [6, 6.07) is 4.41. The summed E-state index contributed by atoms with van der Waals surface area (Å²) < 4.78 is 13.2. The molecule has 18 heavy (non-hydrogen) atoms. The average Bonchev–Trinajstić information content (AvgIpc) is 2.34.